The van der Waals surface area contributed by atoms with E-state index >= 15 is 0 Å². The SMILES string of the molecule is CCC1CC(=O)OC12OC(=O)CC2CC. The van der Waals surface area contributed by atoms with E-state index in [4.69, 9.17) is 9.47 Å². The van der Waals surface area contributed by atoms with E-state index in [1.807, 2.05) is 13.8 Å². The summed E-state index contributed by atoms with van der Waals surface area (Å²) in [6.07, 6.45) is 2.35. The van der Waals surface area contributed by atoms with Crippen molar-refractivity contribution >= 4 is 11.9 Å². The van der Waals surface area contributed by atoms with Crippen molar-refractivity contribution in [3.8, 4) is 0 Å². The molecule has 2 atom stereocenters. The Labute approximate surface area is 88.9 Å². The van der Waals surface area contributed by atoms with E-state index in [0.29, 0.717) is 12.8 Å². The highest BCUT2D eigenvalue weighted by Gasteiger charge is 2.60. The van der Waals surface area contributed by atoms with Crippen molar-refractivity contribution < 1.29 is 19.1 Å². The van der Waals surface area contributed by atoms with Crippen LogP contribution in [0.15, 0.2) is 0 Å². The molecular weight excluding hydrogens is 196 g/mol. The molecule has 0 saturated carbocycles. The second kappa shape index (κ2) is 3.51. The highest BCUT2D eigenvalue weighted by atomic mass is 16.7. The first-order chi connectivity index (χ1) is 7.12. The van der Waals surface area contributed by atoms with Gasteiger partial charge in [-0.15, -0.1) is 0 Å². The molecule has 1 spiro atoms. The van der Waals surface area contributed by atoms with Gasteiger partial charge in [0.1, 0.15) is 0 Å². The topological polar surface area (TPSA) is 52.6 Å². The summed E-state index contributed by atoms with van der Waals surface area (Å²) in [5.41, 5.74) is 0. The van der Waals surface area contributed by atoms with Gasteiger partial charge in [-0.2, -0.15) is 0 Å². The Morgan fingerprint density at radius 3 is 1.80 bits per heavy atom. The Kier molecular flexibility index (Phi) is 2.44. The van der Waals surface area contributed by atoms with Crippen LogP contribution in [-0.4, -0.2) is 17.7 Å². The normalized spacial score (nSPS) is 39.6. The minimum absolute atomic E-state index is 0.0291. The summed E-state index contributed by atoms with van der Waals surface area (Å²) in [6.45, 7) is 3.99. The summed E-state index contributed by atoms with van der Waals surface area (Å²) in [7, 11) is 0. The third kappa shape index (κ3) is 1.43. The molecule has 0 aliphatic carbocycles. The number of hydrogen-bond donors (Lipinski definition) is 0. The third-order valence-corrected chi connectivity index (χ3v) is 3.50. The van der Waals surface area contributed by atoms with Crippen LogP contribution < -0.4 is 0 Å². The van der Waals surface area contributed by atoms with Gasteiger partial charge < -0.3 is 9.47 Å². The molecule has 0 aromatic carbocycles. The molecule has 0 aromatic heterocycles. The van der Waals surface area contributed by atoms with Crippen molar-refractivity contribution in [2.45, 2.75) is 45.3 Å². The van der Waals surface area contributed by atoms with Crippen LogP contribution in [0.4, 0.5) is 0 Å². The molecule has 4 nitrogen and oxygen atoms in total. The molecule has 2 rings (SSSR count). The average molecular weight is 212 g/mol. The maximum absolute atomic E-state index is 11.3. The lowest BCUT2D eigenvalue weighted by Crippen LogP contribution is -2.41. The first kappa shape index (κ1) is 10.5. The molecule has 84 valence electrons. The van der Waals surface area contributed by atoms with Crippen molar-refractivity contribution in [2.75, 3.05) is 0 Å². The van der Waals surface area contributed by atoms with E-state index in [-0.39, 0.29) is 23.8 Å². The molecule has 2 saturated heterocycles. The van der Waals surface area contributed by atoms with Gasteiger partial charge in [0.05, 0.1) is 12.8 Å². The van der Waals surface area contributed by atoms with Crippen LogP contribution in [0.1, 0.15) is 39.5 Å². The molecule has 0 N–H and O–H groups in total. The Morgan fingerprint density at radius 1 is 1.07 bits per heavy atom. The molecule has 2 aliphatic heterocycles. The number of carbonyl (C=O) groups excluding carboxylic acids is 2. The van der Waals surface area contributed by atoms with Crippen LogP contribution in [0.3, 0.4) is 0 Å². The lowest BCUT2D eigenvalue weighted by molar-refractivity contribution is -0.222. The maximum atomic E-state index is 11.3. The van der Waals surface area contributed by atoms with E-state index in [0.717, 1.165) is 12.8 Å². The number of carbonyl (C=O) groups is 2. The molecule has 0 radical (unpaired) electrons. The summed E-state index contributed by atoms with van der Waals surface area (Å²) in [5, 5.41) is 0. The van der Waals surface area contributed by atoms with Gasteiger partial charge in [0.2, 0.25) is 0 Å². The maximum Gasteiger partial charge on any atom is 0.309 e. The summed E-state index contributed by atoms with van der Waals surface area (Å²) >= 11 is 0. The van der Waals surface area contributed by atoms with Crippen LogP contribution in [0.2, 0.25) is 0 Å². The van der Waals surface area contributed by atoms with Gasteiger partial charge in [0.15, 0.2) is 0 Å². The first-order valence-electron chi connectivity index (χ1n) is 5.56. The van der Waals surface area contributed by atoms with Crippen molar-refractivity contribution in [1.29, 1.82) is 0 Å². The largest absolute Gasteiger partial charge is 0.422 e. The summed E-state index contributed by atoms with van der Waals surface area (Å²) in [6, 6.07) is 0. The summed E-state index contributed by atoms with van der Waals surface area (Å²) in [4.78, 5) is 22.7. The van der Waals surface area contributed by atoms with Crippen LogP contribution in [0.25, 0.3) is 0 Å². The zero-order valence-electron chi connectivity index (χ0n) is 9.12. The summed E-state index contributed by atoms with van der Waals surface area (Å²) < 4.78 is 10.6. The molecule has 4 heteroatoms. The predicted octanol–water partition coefficient (Wildman–Crippen LogP) is 1.63. The molecular formula is C11H16O4. The fourth-order valence-corrected chi connectivity index (χ4v) is 2.67. The van der Waals surface area contributed by atoms with E-state index in [1.54, 1.807) is 0 Å². The molecule has 2 fully saturated rings. The fraction of sp³-hybridized carbons (Fsp3) is 0.818. The lowest BCUT2D eigenvalue weighted by atomic mass is 9.84. The smallest absolute Gasteiger partial charge is 0.309 e. The minimum Gasteiger partial charge on any atom is -0.422 e. The van der Waals surface area contributed by atoms with Crippen molar-refractivity contribution in [1.82, 2.24) is 0 Å². The third-order valence-electron chi connectivity index (χ3n) is 3.50. The zero-order chi connectivity index (χ0) is 11.1. The average Bonchev–Trinajstić information content (AvgIpc) is 2.67. The van der Waals surface area contributed by atoms with Crippen LogP contribution >= 0.6 is 0 Å². The van der Waals surface area contributed by atoms with Crippen molar-refractivity contribution in [3.63, 3.8) is 0 Å². The van der Waals surface area contributed by atoms with Gasteiger partial charge in [-0.05, 0) is 12.8 Å². The highest BCUT2D eigenvalue weighted by molar-refractivity contribution is 5.77. The monoisotopic (exact) mass is 212 g/mol. The van der Waals surface area contributed by atoms with Crippen LogP contribution in [-0.2, 0) is 19.1 Å². The number of rotatable bonds is 2. The predicted molar refractivity (Wildman–Crippen MR) is 51.7 cm³/mol. The van der Waals surface area contributed by atoms with Gasteiger partial charge >= 0.3 is 11.9 Å². The molecule has 2 aliphatic rings. The number of ether oxygens (including phenoxy) is 2. The molecule has 0 aromatic rings. The van der Waals surface area contributed by atoms with E-state index in [2.05, 4.69) is 0 Å². The zero-order valence-corrected chi connectivity index (χ0v) is 9.12. The van der Waals surface area contributed by atoms with E-state index in [1.165, 1.54) is 0 Å². The van der Waals surface area contributed by atoms with Gasteiger partial charge in [0, 0.05) is 11.8 Å². The quantitative estimate of drug-likeness (QED) is 0.653. The van der Waals surface area contributed by atoms with E-state index in [9.17, 15) is 9.59 Å². The van der Waals surface area contributed by atoms with Crippen LogP contribution in [0, 0.1) is 11.8 Å². The van der Waals surface area contributed by atoms with Gasteiger partial charge in [-0.3, -0.25) is 9.59 Å². The van der Waals surface area contributed by atoms with Gasteiger partial charge in [-0.25, -0.2) is 0 Å². The standard InChI is InChI=1S/C11H16O4/c1-3-7-5-9(12)14-11(7)8(4-2)6-10(13)15-11/h7-8H,3-6H2,1-2H3. The fourth-order valence-electron chi connectivity index (χ4n) is 2.67. The van der Waals surface area contributed by atoms with Crippen molar-refractivity contribution in [3.05, 3.63) is 0 Å². The second-order valence-corrected chi connectivity index (χ2v) is 4.29. The van der Waals surface area contributed by atoms with E-state index < -0.39 is 5.79 Å². The minimum atomic E-state index is -0.933. The molecule has 0 bridgehead atoms. The molecule has 2 heterocycles. The second-order valence-electron chi connectivity index (χ2n) is 4.29. The lowest BCUT2D eigenvalue weighted by Gasteiger charge is -2.31. The Morgan fingerprint density at radius 2 is 1.47 bits per heavy atom. The van der Waals surface area contributed by atoms with Crippen molar-refractivity contribution in [2.24, 2.45) is 11.8 Å². The van der Waals surface area contributed by atoms with Gasteiger partial charge in [0.25, 0.3) is 5.79 Å². The Bertz CT molecular complexity index is 267. The first-order valence-corrected chi connectivity index (χ1v) is 5.56. The highest BCUT2D eigenvalue weighted by Crippen LogP contribution is 2.48. The molecule has 2 unspecified atom stereocenters. The molecule has 0 amide bonds. The Balaban J connectivity index is 2.30. The number of hydrogen-bond acceptors (Lipinski definition) is 4. The Hall–Kier alpha value is -1.06. The van der Waals surface area contributed by atoms with Gasteiger partial charge in [-0.1, -0.05) is 13.8 Å². The number of esters is 2. The summed E-state index contributed by atoms with van der Waals surface area (Å²) in [5.74, 6) is -1.36. The van der Waals surface area contributed by atoms with Crippen LogP contribution in [0.5, 0.6) is 0 Å². The molecule has 15 heavy (non-hydrogen) atoms.